The van der Waals surface area contributed by atoms with E-state index < -0.39 is 0 Å². The smallest absolute Gasteiger partial charge is 0.274 e. The second kappa shape index (κ2) is 7.13. The number of aromatic nitrogens is 2. The van der Waals surface area contributed by atoms with Crippen molar-refractivity contribution in [1.29, 1.82) is 0 Å². The van der Waals surface area contributed by atoms with E-state index in [0.29, 0.717) is 23.0 Å². The van der Waals surface area contributed by atoms with Gasteiger partial charge in [0.2, 0.25) is 0 Å². The lowest BCUT2D eigenvalue weighted by Crippen LogP contribution is -2.42. The van der Waals surface area contributed by atoms with Gasteiger partial charge in [0.05, 0.1) is 17.5 Å². The Balaban J connectivity index is 1.96. The van der Waals surface area contributed by atoms with Gasteiger partial charge in [-0.05, 0) is 32.3 Å². The van der Waals surface area contributed by atoms with Crippen molar-refractivity contribution in [2.45, 2.75) is 51.8 Å². The number of ether oxygens (including phenoxy) is 1. The summed E-state index contributed by atoms with van der Waals surface area (Å²) in [5.41, 5.74) is 0.139. The molecular weight excluding hydrogens is 306 g/mol. The van der Waals surface area contributed by atoms with Gasteiger partial charge in [0, 0.05) is 18.5 Å². The first-order valence-electron chi connectivity index (χ1n) is 8.54. The standard InChI is InChI=1S/C18H23N3O3/c1-3-10-21-18(23)14-8-5-4-7-13(14)16(20-21)17(22)19-12(2)15-9-6-11-24-15/h4-5,7-8,12,15H,3,6,9-11H2,1-2H3,(H,19,22)/t12-,15+/m1/s1. The monoisotopic (exact) mass is 329 g/mol. The Morgan fingerprint density at radius 2 is 2.17 bits per heavy atom. The second-order valence-corrected chi connectivity index (χ2v) is 6.24. The van der Waals surface area contributed by atoms with Crippen LogP contribution in [0, 0.1) is 0 Å². The van der Waals surface area contributed by atoms with Gasteiger partial charge in [-0.1, -0.05) is 25.1 Å². The van der Waals surface area contributed by atoms with Crippen LogP contribution in [0.25, 0.3) is 10.8 Å². The minimum atomic E-state index is -0.265. The van der Waals surface area contributed by atoms with Gasteiger partial charge in [0.25, 0.3) is 11.5 Å². The van der Waals surface area contributed by atoms with Gasteiger partial charge in [0.1, 0.15) is 0 Å². The highest BCUT2D eigenvalue weighted by molar-refractivity contribution is 6.04. The van der Waals surface area contributed by atoms with Crippen LogP contribution in [0.5, 0.6) is 0 Å². The van der Waals surface area contributed by atoms with E-state index >= 15 is 0 Å². The van der Waals surface area contributed by atoms with Crippen molar-refractivity contribution in [2.24, 2.45) is 0 Å². The van der Waals surface area contributed by atoms with Crippen LogP contribution in [0.2, 0.25) is 0 Å². The summed E-state index contributed by atoms with van der Waals surface area (Å²) >= 11 is 0. The van der Waals surface area contributed by atoms with Gasteiger partial charge >= 0.3 is 0 Å². The number of nitrogens with one attached hydrogen (secondary N) is 1. The normalized spacial score (nSPS) is 18.7. The second-order valence-electron chi connectivity index (χ2n) is 6.24. The lowest BCUT2D eigenvalue weighted by Gasteiger charge is -2.20. The number of carbonyl (C=O) groups is 1. The molecule has 1 saturated heterocycles. The minimum Gasteiger partial charge on any atom is -0.376 e. The molecule has 0 aliphatic carbocycles. The summed E-state index contributed by atoms with van der Waals surface area (Å²) < 4.78 is 7.01. The molecule has 0 spiro atoms. The van der Waals surface area contributed by atoms with Gasteiger partial charge in [-0.3, -0.25) is 9.59 Å². The Bertz CT molecular complexity index is 794. The molecular formula is C18H23N3O3. The molecule has 128 valence electrons. The van der Waals surface area contributed by atoms with Crippen LogP contribution in [-0.2, 0) is 11.3 Å². The molecule has 3 rings (SSSR count). The van der Waals surface area contributed by atoms with Gasteiger partial charge < -0.3 is 10.1 Å². The zero-order valence-electron chi connectivity index (χ0n) is 14.1. The van der Waals surface area contributed by atoms with E-state index in [4.69, 9.17) is 4.74 Å². The molecule has 1 fully saturated rings. The van der Waals surface area contributed by atoms with E-state index in [9.17, 15) is 9.59 Å². The number of amides is 1. The van der Waals surface area contributed by atoms with Crippen LogP contribution in [0.1, 0.15) is 43.6 Å². The van der Waals surface area contributed by atoms with Crippen molar-refractivity contribution in [3.05, 3.63) is 40.3 Å². The molecule has 1 aromatic carbocycles. The molecule has 6 heteroatoms. The van der Waals surface area contributed by atoms with Crippen LogP contribution in [0.15, 0.2) is 29.1 Å². The molecule has 1 aromatic heterocycles. The molecule has 1 amide bonds. The maximum absolute atomic E-state index is 12.7. The average Bonchev–Trinajstić information content (AvgIpc) is 3.12. The molecule has 1 N–H and O–H groups in total. The number of fused-ring (bicyclic) bond motifs is 1. The number of benzene rings is 1. The first-order valence-corrected chi connectivity index (χ1v) is 8.54. The van der Waals surface area contributed by atoms with Crippen LogP contribution < -0.4 is 10.9 Å². The quantitative estimate of drug-likeness (QED) is 0.912. The Kier molecular flexibility index (Phi) is 4.94. The number of aryl methyl sites for hydroxylation is 1. The van der Waals surface area contributed by atoms with Crippen molar-refractivity contribution < 1.29 is 9.53 Å². The van der Waals surface area contributed by atoms with Crippen molar-refractivity contribution in [3.8, 4) is 0 Å². The van der Waals surface area contributed by atoms with Crippen molar-refractivity contribution in [1.82, 2.24) is 15.1 Å². The molecule has 1 aliphatic rings. The van der Waals surface area contributed by atoms with E-state index in [-0.39, 0.29) is 23.6 Å². The summed E-state index contributed by atoms with van der Waals surface area (Å²) in [5, 5.41) is 8.41. The summed E-state index contributed by atoms with van der Waals surface area (Å²) in [6.45, 7) is 5.15. The zero-order valence-corrected chi connectivity index (χ0v) is 14.1. The van der Waals surface area contributed by atoms with E-state index in [2.05, 4.69) is 10.4 Å². The number of nitrogens with zero attached hydrogens (tertiary/aromatic N) is 2. The Hall–Kier alpha value is -2.21. The zero-order chi connectivity index (χ0) is 17.1. The summed E-state index contributed by atoms with van der Waals surface area (Å²) in [5.74, 6) is -0.265. The van der Waals surface area contributed by atoms with Crippen LogP contribution >= 0.6 is 0 Å². The van der Waals surface area contributed by atoms with Crippen molar-refractivity contribution >= 4 is 16.7 Å². The van der Waals surface area contributed by atoms with E-state index in [1.807, 2.05) is 19.9 Å². The fraction of sp³-hybridized carbons (Fsp3) is 0.500. The summed E-state index contributed by atoms with van der Waals surface area (Å²) in [6.07, 6.45) is 2.79. The third-order valence-electron chi connectivity index (χ3n) is 4.40. The molecule has 0 bridgehead atoms. The molecule has 0 radical (unpaired) electrons. The lowest BCUT2D eigenvalue weighted by atomic mass is 10.1. The largest absolute Gasteiger partial charge is 0.376 e. The van der Waals surface area contributed by atoms with E-state index in [1.54, 1.807) is 18.2 Å². The molecule has 2 heterocycles. The number of hydrogen-bond donors (Lipinski definition) is 1. The highest BCUT2D eigenvalue weighted by Crippen LogP contribution is 2.17. The van der Waals surface area contributed by atoms with Gasteiger partial charge in [-0.15, -0.1) is 0 Å². The summed E-state index contributed by atoms with van der Waals surface area (Å²) in [6, 6.07) is 7.04. The Labute approximate surface area is 140 Å². The summed E-state index contributed by atoms with van der Waals surface area (Å²) in [7, 11) is 0. The number of rotatable bonds is 5. The Morgan fingerprint density at radius 3 is 2.83 bits per heavy atom. The minimum absolute atomic E-state index is 0.0433. The Morgan fingerprint density at radius 1 is 1.42 bits per heavy atom. The topological polar surface area (TPSA) is 73.2 Å². The summed E-state index contributed by atoms with van der Waals surface area (Å²) in [4.78, 5) is 25.2. The molecule has 2 atom stereocenters. The predicted octanol–water partition coefficient (Wildman–Crippen LogP) is 2.10. The van der Waals surface area contributed by atoms with Crippen molar-refractivity contribution in [3.63, 3.8) is 0 Å². The average molecular weight is 329 g/mol. The molecule has 1 aliphatic heterocycles. The molecule has 6 nitrogen and oxygen atoms in total. The number of hydrogen-bond acceptors (Lipinski definition) is 4. The fourth-order valence-electron chi connectivity index (χ4n) is 3.13. The fourth-order valence-corrected chi connectivity index (χ4v) is 3.13. The maximum atomic E-state index is 12.7. The van der Waals surface area contributed by atoms with Crippen molar-refractivity contribution in [2.75, 3.05) is 6.61 Å². The third-order valence-corrected chi connectivity index (χ3v) is 4.40. The SMILES string of the molecule is CCCn1nc(C(=O)N[C@H](C)[C@@H]2CCCO2)c2ccccc2c1=O. The predicted molar refractivity (Wildman–Crippen MR) is 92.2 cm³/mol. The molecule has 0 saturated carbocycles. The maximum Gasteiger partial charge on any atom is 0.274 e. The van der Waals surface area contributed by atoms with Crippen LogP contribution in [-0.4, -0.2) is 34.4 Å². The van der Waals surface area contributed by atoms with E-state index in [1.165, 1.54) is 4.68 Å². The molecule has 0 unspecified atom stereocenters. The number of carbonyl (C=O) groups excluding carboxylic acids is 1. The van der Waals surface area contributed by atoms with Gasteiger partial charge in [-0.2, -0.15) is 5.10 Å². The first-order chi connectivity index (χ1) is 11.6. The third kappa shape index (κ3) is 3.19. The van der Waals surface area contributed by atoms with Crippen LogP contribution in [0.3, 0.4) is 0 Å². The lowest BCUT2D eigenvalue weighted by molar-refractivity contribution is 0.0709. The first kappa shape index (κ1) is 16.6. The highest BCUT2D eigenvalue weighted by Gasteiger charge is 2.25. The molecule has 24 heavy (non-hydrogen) atoms. The van der Waals surface area contributed by atoms with Gasteiger partial charge in [-0.25, -0.2) is 4.68 Å². The highest BCUT2D eigenvalue weighted by atomic mass is 16.5. The molecule has 2 aromatic rings. The van der Waals surface area contributed by atoms with Gasteiger partial charge in [0.15, 0.2) is 5.69 Å². The van der Waals surface area contributed by atoms with Crippen LogP contribution in [0.4, 0.5) is 0 Å². The van der Waals surface area contributed by atoms with E-state index in [0.717, 1.165) is 25.9 Å².